The van der Waals surface area contributed by atoms with Crippen LogP contribution in [-0.2, 0) is 11.3 Å². The molecule has 5 nitrogen and oxygen atoms in total. The molecule has 0 radical (unpaired) electrons. The van der Waals surface area contributed by atoms with Crippen LogP contribution in [0.2, 0.25) is 0 Å². The molecule has 140 valence electrons. The minimum atomic E-state index is -0.370. The Bertz CT molecular complexity index is 856. The fourth-order valence-corrected chi connectivity index (χ4v) is 3.81. The van der Waals surface area contributed by atoms with Crippen molar-refractivity contribution < 1.29 is 14.4 Å². The minimum absolute atomic E-state index is 0.0339. The fourth-order valence-electron chi connectivity index (χ4n) is 3.81. The van der Waals surface area contributed by atoms with Crippen LogP contribution >= 0.6 is 0 Å². The lowest BCUT2D eigenvalue weighted by molar-refractivity contribution is -0.942. The number of fused-ring (bicyclic) bond motifs is 1. The Balaban J connectivity index is 1.96. The van der Waals surface area contributed by atoms with E-state index >= 15 is 0 Å². The number of ether oxygens (including phenoxy) is 1. The first kappa shape index (κ1) is 18.6. The predicted octanol–water partition coefficient (Wildman–Crippen LogP) is 2.36. The van der Waals surface area contributed by atoms with Crippen LogP contribution in [-0.4, -0.2) is 30.1 Å². The van der Waals surface area contributed by atoms with Crippen LogP contribution in [0.1, 0.15) is 61.1 Å². The van der Waals surface area contributed by atoms with Crippen molar-refractivity contribution in [2.45, 2.75) is 59.0 Å². The molecular weight excluding hydrogens is 328 g/mol. The van der Waals surface area contributed by atoms with E-state index in [1.165, 1.54) is 24.2 Å². The van der Waals surface area contributed by atoms with E-state index in [-0.39, 0.29) is 11.4 Å². The Morgan fingerprint density at radius 2 is 2.15 bits per heavy atom. The Kier molecular flexibility index (Phi) is 5.77. The molecule has 1 saturated heterocycles. The first-order chi connectivity index (χ1) is 12.5. The molecular formula is C21H29N2O3+. The molecule has 26 heavy (non-hydrogen) atoms. The molecule has 1 aliphatic rings. The monoisotopic (exact) mass is 357 g/mol. The quantitative estimate of drug-likeness (QED) is 0.808. The van der Waals surface area contributed by atoms with Gasteiger partial charge in [0.15, 0.2) is 5.43 Å². The molecule has 1 aliphatic heterocycles. The summed E-state index contributed by atoms with van der Waals surface area (Å²) in [6.45, 7) is 8.43. The van der Waals surface area contributed by atoms with Crippen LogP contribution in [0.15, 0.2) is 23.0 Å². The summed E-state index contributed by atoms with van der Waals surface area (Å²) in [6, 6.07) is 5.76. The molecule has 5 heteroatoms. The number of H-pyrrole nitrogens is 1. The number of piperidine rings is 1. The van der Waals surface area contributed by atoms with E-state index in [1.54, 1.807) is 18.2 Å². The van der Waals surface area contributed by atoms with Gasteiger partial charge in [-0.3, -0.25) is 4.79 Å². The van der Waals surface area contributed by atoms with Gasteiger partial charge in [-0.15, -0.1) is 0 Å². The minimum Gasteiger partial charge on any atom is -0.462 e. The van der Waals surface area contributed by atoms with Crippen LogP contribution in [0, 0.1) is 6.92 Å². The molecule has 1 unspecified atom stereocenters. The van der Waals surface area contributed by atoms with Gasteiger partial charge in [0.25, 0.3) is 0 Å². The van der Waals surface area contributed by atoms with Crippen molar-refractivity contribution in [2.24, 2.45) is 0 Å². The average Bonchev–Trinajstić information content (AvgIpc) is 2.64. The van der Waals surface area contributed by atoms with Gasteiger partial charge in [0.05, 0.1) is 30.3 Å². The SMILES string of the molecule is CCCOC(=O)c1ccc2[nH]c(C)c(C[NH+]3CCCC[C@@H]3C)c(=O)c2c1. The van der Waals surface area contributed by atoms with Gasteiger partial charge in [-0.05, 0) is 57.7 Å². The van der Waals surface area contributed by atoms with Crippen molar-refractivity contribution in [3.8, 4) is 0 Å². The number of aromatic amines is 1. The highest BCUT2D eigenvalue weighted by atomic mass is 16.5. The average molecular weight is 357 g/mol. The third-order valence-electron chi connectivity index (χ3n) is 5.47. The normalized spacial score (nSPS) is 20.3. The number of nitrogens with one attached hydrogen (secondary N) is 2. The molecule has 1 aromatic carbocycles. The Morgan fingerprint density at radius 1 is 1.35 bits per heavy atom. The number of pyridine rings is 1. The molecule has 3 rings (SSSR count). The first-order valence-corrected chi connectivity index (χ1v) is 9.68. The lowest BCUT2D eigenvalue weighted by Crippen LogP contribution is -3.15. The summed E-state index contributed by atoms with van der Waals surface area (Å²) >= 11 is 0. The topological polar surface area (TPSA) is 63.6 Å². The second-order valence-electron chi connectivity index (χ2n) is 7.44. The summed E-state index contributed by atoms with van der Waals surface area (Å²) in [4.78, 5) is 30.1. The highest BCUT2D eigenvalue weighted by molar-refractivity contribution is 5.94. The molecule has 2 aromatic rings. The lowest BCUT2D eigenvalue weighted by Gasteiger charge is -2.30. The largest absolute Gasteiger partial charge is 0.462 e. The van der Waals surface area contributed by atoms with Gasteiger partial charge in [-0.2, -0.15) is 0 Å². The fraction of sp³-hybridized carbons (Fsp3) is 0.524. The van der Waals surface area contributed by atoms with E-state index in [2.05, 4.69) is 11.9 Å². The zero-order chi connectivity index (χ0) is 18.7. The first-order valence-electron chi connectivity index (χ1n) is 9.68. The summed E-state index contributed by atoms with van der Waals surface area (Å²) in [5, 5.41) is 0.570. The summed E-state index contributed by atoms with van der Waals surface area (Å²) in [5.74, 6) is -0.370. The van der Waals surface area contributed by atoms with Gasteiger partial charge in [0, 0.05) is 16.6 Å². The number of hydrogen-bond acceptors (Lipinski definition) is 3. The van der Waals surface area contributed by atoms with E-state index in [0.717, 1.165) is 36.3 Å². The Morgan fingerprint density at radius 3 is 2.88 bits per heavy atom. The van der Waals surface area contributed by atoms with Crippen LogP contribution in [0.25, 0.3) is 10.9 Å². The highest BCUT2D eigenvalue weighted by Crippen LogP contribution is 2.15. The van der Waals surface area contributed by atoms with Gasteiger partial charge in [-0.1, -0.05) is 6.92 Å². The number of esters is 1. The molecule has 2 N–H and O–H groups in total. The summed E-state index contributed by atoms with van der Waals surface area (Å²) in [6.07, 6.45) is 4.49. The van der Waals surface area contributed by atoms with Gasteiger partial charge in [-0.25, -0.2) is 4.79 Å². The number of likely N-dealkylation sites (tertiary alicyclic amines) is 1. The maximum atomic E-state index is 13.1. The third kappa shape index (κ3) is 3.83. The van der Waals surface area contributed by atoms with E-state index in [1.807, 2.05) is 13.8 Å². The number of aryl methyl sites for hydroxylation is 1. The van der Waals surface area contributed by atoms with Crippen LogP contribution in [0.4, 0.5) is 0 Å². The predicted molar refractivity (Wildman–Crippen MR) is 103 cm³/mol. The molecule has 0 aliphatic carbocycles. The van der Waals surface area contributed by atoms with E-state index in [4.69, 9.17) is 4.74 Å². The number of carbonyl (C=O) groups is 1. The maximum Gasteiger partial charge on any atom is 0.338 e. The third-order valence-corrected chi connectivity index (χ3v) is 5.47. The molecule has 0 spiro atoms. The number of benzene rings is 1. The van der Waals surface area contributed by atoms with Crippen LogP contribution in [0.5, 0.6) is 0 Å². The van der Waals surface area contributed by atoms with Crippen molar-refractivity contribution in [1.29, 1.82) is 0 Å². The number of quaternary nitrogens is 1. The lowest BCUT2D eigenvalue weighted by atomic mass is 10.0. The summed E-state index contributed by atoms with van der Waals surface area (Å²) < 4.78 is 5.20. The number of rotatable bonds is 5. The second kappa shape index (κ2) is 8.04. The molecule has 1 fully saturated rings. The standard InChI is InChI=1S/C21H28N2O3/c1-4-11-26-21(25)16-8-9-19-17(12-16)20(24)18(15(3)22-19)13-23-10-6-5-7-14(23)2/h8-9,12,14H,4-7,10-11,13H2,1-3H3,(H,22,24)/p+1/t14-/m0/s1. The second-order valence-corrected chi connectivity index (χ2v) is 7.44. The Labute approximate surface area is 154 Å². The van der Waals surface area contributed by atoms with Crippen LogP contribution in [0.3, 0.4) is 0 Å². The van der Waals surface area contributed by atoms with Crippen molar-refractivity contribution in [3.05, 3.63) is 45.2 Å². The van der Waals surface area contributed by atoms with E-state index in [9.17, 15) is 9.59 Å². The number of hydrogen-bond donors (Lipinski definition) is 2. The van der Waals surface area contributed by atoms with Crippen molar-refractivity contribution >= 4 is 16.9 Å². The molecule has 2 atom stereocenters. The van der Waals surface area contributed by atoms with Crippen LogP contribution < -0.4 is 10.3 Å². The van der Waals surface area contributed by atoms with Gasteiger partial charge in [0.2, 0.25) is 0 Å². The van der Waals surface area contributed by atoms with Gasteiger partial charge < -0.3 is 14.6 Å². The van der Waals surface area contributed by atoms with Crippen molar-refractivity contribution in [3.63, 3.8) is 0 Å². The smallest absolute Gasteiger partial charge is 0.338 e. The van der Waals surface area contributed by atoms with Gasteiger partial charge >= 0.3 is 5.97 Å². The molecule has 1 aromatic heterocycles. The highest BCUT2D eigenvalue weighted by Gasteiger charge is 2.24. The summed E-state index contributed by atoms with van der Waals surface area (Å²) in [7, 11) is 0. The van der Waals surface area contributed by atoms with Crippen molar-refractivity contribution in [2.75, 3.05) is 13.2 Å². The van der Waals surface area contributed by atoms with E-state index in [0.29, 0.717) is 23.6 Å². The van der Waals surface area contributed by atoms with E-state index < -0.39 is 0 Å². The Hall–Kier alpha value is -2.14. The molecule has 0 bridgehead atoms. The molecule has 2 heterocycles. The number of aromatic nitrogens is 1. The zero-order valence-corrected chi connectivity index (χ0v) is 16.0. The van der Waals surface area contributed by atoms with Gasteiger partial charge in [0.1, 0.15) is 6.54 Å². The maximum absolute atomic E-state index is 13.1. The summed E-state index contributed by atoms with van der Waals surface area (Å²) in [5.41, 5.74) is 3.00. The molecule has 0 saturated carbocycles. The number of carbonyl (C=O) groups excluding carboxylic acids is 1. The molecule has 0 amide bonds. The zero-order valence-electron chi connectivity index (χ0n) is 16.0. The van der Waals surface area contributed by atoms with Crippen molar-refractivity contribution in [1.82, 2.24) is 4.98 Å².